The number of carbonyl (C=O) groups is 5. The van der Waals surface area contributed by atoms with Crippen molar-refractivity contribution < 1.29 is 53.5 Å². The van der Waals surface area contributed by atoms with Gasteiger partial charge in [-0.1, -0.05) is 79.2 Å². The van der Waals surface area contributed by atoms with Gasteiger partial charge in [0.15, 0.2) is 0 Å². The van der Waals surface area contributed by atoms with Gasteiger partial charge in [-0.15, -0.1) is 0 Å². The molecular weight excluding hydrogens is 700 g/mol. The third-order valence-electron chi connectivity index (χ3n) is 8.85. The normalized spacial score (nSPS) is 20.4. The van der Waals surface area contributed by atoms with Crippen LogP contribution in [0.1, 0.15) is 54.9 Å². The maximum Gasteiger partial charge on any atom is 0.407 e. The van der Waals surface area contributed by atoms with Crippen molar-refractivity contribution in [3.05, 3.63) is 96.1 Å². The van der Waals surface area contributed by atoms with Crippen LogP contribution in [-0.2, 0) is 35.2 Å². The number of amides is 4. The van der Waals surface area contributed by atoms with E-state index in [1.54, 1.807) is 24.3 Å². The van der Waals surface area contributed by atoms with Crippen molar-refractivity contribution in [3.8, 4) is 11.1 Å². The maximum absolute atomic E-state index is 13.1. The summed E-state index contributed by atoms with van der Waals surface area (Å²) in [5.41, 5.74) is 0.716. The van der Waals surface area contributed by atoms with Crippen LogP contribution < -0.4 is 21.3 Å². The Hall–Kier alpha value is -5.35. The molecule has 290 valence electrons. The predicted molar refractivity (Wildman–Crippen MR) is 195 cm³/mol. The monoisotopic (exact) mass is 748 g/mol. The van der Waals surface area contributed by atoms with E-state index in [1.165, 1.54) is 6.92 Å². The number of aliphatic hydroxyl groups is 3. The first-order chi connectivity index (χ1) is 25.9. The van der Waals surface area contributed by atoms with E-state index in [0.717, 1.165) is 23.8 Å². The minimum atomic E-state index is -2.29. The number of esters is 1. The van der Waals surface area contributed by atoms with Crippen LogP contribution in [0.15, 0.2) is 84.9 Å². The molecule has 4 rings (SSSR count). The first kappa shape index (κ1) is 41.4. The largest absolute Gasteiger partial charge is 0.465 e. The van der Waals surface area contributed by atoms with Crippen LogP contribution in [-0.4, -0.2) is 101 Å². The molecule has 3 aromatic carbocycles. The van der Waals surface area contributed by atoms with E-state index < -0.39 is 78.9 Å². The Kier molecular flexibility index (Phi) is 15.5. The highest BCUT2D eigenvalue weighted by Gasteiger charge is 2.56. The van der Waals surface area contributed by atoms with Gasteiger partial charge in [0, 0.05) is 38.4 Å². The number of rotatable bonds is 17. The standard InChI is InChI=1S/C39H48N4O11/c1-25(44)42-33-30(45)22-39(37(50)52-2,43-32(47)16-10-5-11-21-40-38(51)53-24-26-12-6-3-7-13-26)54-35(33)34(48)31(46)23-41-36(49)29-19-17-28(18-20-29)27-14-8-4-9-15-27/h3-4,6-9,12-15,17-20,30-31,33-35,45-46,48H,5,10-11,16,21-24H2,1-2H3,(H,40,51)(H,41,49)(H,42,44)(H,43,47)/t30?,31-,33?,34?,35?,39?/m1/s1. The van der Waals surface area contributed by atoms with Crippen LogP contribution in [0.5, 0.6) is 0 Å². The van der Waals surface area contributed by atoms with Gasteiger partial charge in [-0.05, 0) is 41.7 Å². The molecule has 0 bridgehead atoms. The molecule has 0 saturated carbocycles. The molecule has 1 aliphatic rings. The third kappa shape index (κ3) is 11.8. The molecule has 6 atom stereocenters. The zero-order valence-electron chi connectivity index (χ0n) is 30.2. The van der Waals surface area contributed by atoms with Crippen LogP contribution in [0.25, 0.3) is 11.1 Å². The van der Waals surface area contributed by atoms with Crippen molar-refractivity contribution in [1.29, 1.82) is 0 Å². The van der Waals surface area contributed by atoms with Gasteiger partial charge in [-0.2, -0.15) is 0 Å². The van der Waals surface area contributed by atoms with Crippen LogP contribution in [0.4, 0.5) is 4.79 Å². The van der Waals surface area contributed by atoms with E-state index >= 15 is 0 Å². The Morgan fingerprint density at radius 1 is 0.870 bits per heavy atom. The quantitative estimate of drug-likeness (QED) is 0.0781. The molecule has 1 aliphatic heterocycles. The summed E-state index contributed by atoms with van der Waals surface area (Å²) in [5, 5.41) is 43.5. The fourth-order valence-corrected chi connectivity index (χ4v) is 6.04. The summed E-state index contributed by atoms with van der Waals surface area (Å²) in [6, 6.07) is 24.2. The summed E-state index contributed by atoms with van der Waals surface area (Å²) >= 11 is 0. The highest BCUT2D eigenvalue weighted by atomic mass is 16.6. The van der Waals surface area contributed by atoms with Crippen LogP contribution in [0.2, 0.25) is 0 Å². The van der Waals surface area contributed by atoms with Gasteiger partial charge in [0.05, 0.1) is 25.4 Å². The molecule has 54 heavy (non-hydrogen) atoms. The molecule has 0 radical (unpaired) electrons. The van der Waals surface area contributed by atoms with Gasteiger partial charge < -0.3 is 50.8 Å². The topological polar surface area (TPSA) is 222 Å². The lowest BCUT2D eigenvalue weighted by molar-refractivity contribution is -0.237. The summed E-state index contributed by atoms with van der Waals surface area (Å²) in [4.78, 5) is 63.1. The lowest BCUT2D eigenvalue weighted by atomic mass is 9.87. The van der Waals surface area contributed by atoms with Crippen molar-refractivity contribution in [2.45, 2.75) is 81.8 Å². The van der Waals surface area contributed by atoms with Crippen molar-refractivity contribution in [1.82, 2.24) is 21.3 Å². The van der Waals surface area contributed by atoms with Crippen LogP contribution in [0.3, 0.4) is 0 Å². The molecule has 4 amide bonds. The summed E-state index contributed by atoms with van der Waals surface area (Å²) in [5.74, 6) is -2.87. The summed E-state index contributed by atoms with van der Waals surface area (Å²) in [7, 11) is 1.05. The number of aliphatic hydroxyl groups excluding tert-OH is 3. The number of benzene rings is 3. The van der Waals surface area contributed by atoms with Crippen LogP contribution in [0, 0.1) is 0 Å². The predicted octanol–water partition coefficient (Wildman–Crippen LogP) is 1.93. The smallest absolute Gasteiger partial charge is 0.407 e. The fourth-order valence-electron chi connectivity index (χ4n) is 6.04. The zero-order valence-corrected chi connectivity index (χ0v) is 30.2. The average molecular weight is 749 g/mol. The number of nitrogens with one attached hydrogen (secondary N) is 4. The molecule has 0 spiro atoms. The minimum Gasteiger partial charge on any atom is -0.465 e. The lowest BCUT2D eigenvalue weighted by Gasteiger charge is -2.47. The molecule has 15 nitrogen and oxygen atoms in total. The molecular formula is C39H48N4O11. The van der Waals surface area contributed by atoms with Crippen molar-refractivity contribution >= 4 is 29.8 Å². The fraction of sp³-hybridized carbons (Fsp3) is 0.410. The number of methoxy groups -OCH3 is 1. The second kappa shape index (κ2) is 20.2. The van der Waals surface area contributed by atoms with Crippen molar-refractivity contribution in [2.75, 3.05) is 20.2 Å². The third-order valence-corrected chi connectivity index (χ3v) is 8.85. The minimum absolute atomic E-state index is 0.0695. The van der Waals surface area contributed by atoms with Gasteiger partial charge in [-0.3, -0.25) is 14.4 Å². The maximum atomic E-state index is 13.1. The van der Waals surface area contributed by atoms with Crippen LogP contribution >= 0.6 is 0 Å². The molecule has 5 unspecified atom stereocenters. The average Bonchev–Trinajstić information content (AvgIpc) is 3.18. The number of alkyl carbamates (subject to hydrolysis) is 1. The van der Waals surface area contributed by atoms with Gasteiger partial charge >= 0.3 is 12.1 Å². The number of hydrogen-bond donors (Lipinski definition) is 7. The van der Waals surface area contributed by atoms with E-state index in [-0.39, 0.29) is 13.0 Å². The molecule has 1 saturated heterocycles. The molecule has 1 heterocycles. The van der Waals surface area contributed by atoms with Gasteiger partial charge in [0.2, 0.25) is 17.5 Å². The first-order valence-electron chi connectivity index (χ1n) is 17.7. The molecule has 0 aromatic heterocycles. The number of unbranched alkanes of at least 4 members (excludes halogenated alkanes) is 2. The van der Waals surface area contributed by atoms with Crippen molar-refractivity contribution in [2.24, 2.45) is 0 Å². The van der Waals surface area contributed by atoms with E-state index in [2.05, 4.69) is 21.3 Å². The molecule has 3 aromatic rings. The number of carbonyl (C=O) groups excluding carboxylic acids is 5. The summed E-state index contributed by atoms with van der Waals surface area (Å²) in [6.07, 6.45) is -6.57. The second-order valence-electron chi connectivity index (χ2n) is 13.0. The van der Waals surface area contributed by atoms with Crippen molar-refractivity contribution in [3.63, 3.8) is 0 Å². The number of ether oxygens (including phenoxy) is 3. The Morgan fingerprint density at radius 3 is 2.17 bits per heavy atom. The highest BCUT2D eigenvalue weighted by molar-refractivity contribution is 5.94. The van der Waals surface area contributed by atoms with E-state index in [1.807, 2.05) is 60.7 Å². The second-order valence-corrected chi connectivity index (χ2v) is 13.0. The van der Waals surface area contributed by atoms with Gasteiger partial charge in [0.1, 0.15) is 18.8 Å². The Balaban J connectivity index is 1.32. The highest BCUT2D eigenvalue weighted by Crippen LogP contribution is 2.32. The Labute approximate surface area is 313 Å². The molecule has 1 fully saturated rings. The molecule has 0 aliphatic carbocycles. The molecule has 7 N–H and O–H groups in total. The van der Waals surface area contributed by atoms with E-state index in [0.29, 0.717) is 31.4 Å². The first-order valence-corrected chi connectivity index (χ1v) is 17.7. The van der Waals surface area contributed by atoms with Gasteiger partial charge in [-0.25, -0.2) is 9.59 Å². The van der Waals surface area contributed by atoms with E-state index in [9.17, 15) is 39.3 Å². The summed E-state index contributed by atoms with van der Waals surface area (Å²) in [6.45, 7) is 1.14. The summed E-state index contributed by atoms with van der Waals surface area (Å²) < 4.78 is 16.1. The number of hydrogen-bond acceptors (Lipinski definition) is 11. The van der Waals surface area contributed by atoms with Gasteiger partial charge in [0.25, 0.3) is 5.91 Å². The molecule has 15 heteroatoms. The Bertz CT molecular complexity index is 1690. The SMILES string of the molecule is COC(=O)C1(NC(=O)CCCCCNC(=O)OCc2ccccc2)CC(O)C(NC(C)=O)C(C(O)[C@H](O)CNC(=O)c2ccc(-c3ccccc3)cc2)O1. The Morgan fingerprint density at radius 2 is 1.52 bits per heavy atom. The lowest BCUT2D eigenvalue weighted by Crippen LogP contribution is -2.71. The van der Waals surface area contributed by atoms with E-state index in [4.69, 9.17) is 14.2 Å². The zero-order chi connectivity index (χ0) is 39.1.